The van der Waals surface area contributed by atoms with Crippen molar-refractivity contribution in [1.82, 2.24) is 10.4 Å². The first-order chi connectivity index (χ1) is 8.24. The third-order valence-electron chi connectivity index (χ3n) is 2.44. The van der Waals surface area contributed by atoms with Crippen molar-refractivity contribution in [3.05, 3.63) is 32.4 Å². The van der Waals surface area contributed by atoms with Crippen LogP contribution in [0.5, 0.6) is 5.75 Å². The zero-order chi connectivity index (χ0) is 12.3. The highest BCUT2D eigenvalue weighted by molar-refractivity contribution is 7.10. The van der Waals surface area contributed by atoms with Gasteiger partial charge in [0.2, 0.25) is 0 Å². The van der Waals surface area contributed by atoms with E-state index in [9.17, 15) is 0 Å². The minimum absolute atomic E-state index is 0.0514. The van der Waals surface area contributed by atoms with E-state index in [1.807, 2.05) is 18.4 Å². The second-order valence-corrected chi connectivity index (χ2v) is 5.55. The van der Waals surface area contributed by atoms with Crippen molar-refractivity contribution in [2.24, 2.45) is 5.84 Å². The number of methoxy groups -OCH3 is 1. The second-order valence-electron chi connectivity index (χ2n) is 3.66. The minimum atomic E-state index is 0.0514. The fraction of sp³-hybridized carbons (Fsp3) is 0.364. The number of aryl methyl sites for hydroxylation is 1. The van der Waals surface area contributed by atoms with Gasteiger partial charge < -0.3 is 4.74 Å². The first-order valence-electron chi connectivity index (χ1n) is 5.23. The molecule has 1 atom stereocenters. The highest BCUT2D eigenvalue weighted by Crippen LogP contribution is 2.32. The molecule has 4 nitrogen and oxygen atoms in total. The van der Waals surface area contributed by atoms with Crippen LogP contribution in [0.1, 0.15) is 21.6 Å². The standard InChI is InChI=1S/C11H15N3OS2/c1-7-6-17-10(13-7)5-8(14-12)11-9(15-2)3-4-16-11/h3-4,6,8,14H,5,12H2,1-2H3. The summed E-state index contributed by atoms with van der Waals surface area (Å²) in [6.07, 6.45) is 0.784. The summed E-state index contributed by atoms with van der Waals surface area (Å²) in [5.74, 6) is 6.50. The largest absolute Gasteiger partial charge is 0.496 e. The maximum Gasteiger partial charge on any atom is 0.134 e. The number of nitrogens with zero attached hydrogens (tertiary/aromatic N) is 1. The van der Waals surface area contributed by atoms with Crippen molar-refractivity contribution in [2.45, 2.75) is 19.4 Å². The Morgan fingerprint density at radius 3 is 2.94 bits per heavy atom. The van der Waals surface area contributed by atoms with Crippen molar-refractivity contribution < 1.29 is 4.74 Å². The Labute approximate surface area is 108 Å². The molecule has 0 bridgehead atoms. The summed E-state index contributed by atoms with van der Waals surface area (Å²) >= 11 is 3.30. The number of rotatable bonds is 5. The zero-order valence-electron chi connectivity index (χ0n) is 9.77. The summed E-state index contributed by atoms with van der Waals surface area (Å²) < 4.78 is 5.31. The summed E-state index contributed by atoms with van der Waals surface area (Å²) in [7, 11) is 1.67. The SMILES string of the molecule is COc1ccsc1C(Cc1nc(C)cs1)NN. The molecule has 0 amide bonds. The Kier molecular flexibility index (Phi) is 4.11. The molecule has 0 saturated carbocycles. The molecule has 0 saturated heterocycles. The van der Waals surface area contributed by atoms with Crippen LogP contribution in [0.2, 0.25) is 0 Å². The number of nitrogens with two attached hydrogens (primary N) is 1. The summed E-state index contributed by atoms with van der Waals surface area (Å²) in [5, 5.41) is 5.14. The van der Waals surface area contributed by atoms with Gasteiger partial charge in [-0.25, -0.2) is 4.98 Å². The second kappa shape index (κ2) is 5.59. The van der Waals surface area contributed by atoms with E-state index in [1.54, 1.807) is 29.8 Å². The molecular weight excluding hydrogens is 254 g/mol. The maximum absolute atomic E-state index is 5.62. The van der Waals surface area contributed by atoms with Gasteiger partial charge in [-0.15, -0.1) is 22.7 Å². The van der Waals surface area contributed by atoms with Crippen LogP contribution >= 0.6 is 22.7 Å². The van der Waals surface area contributed by atoms with Crippen LogP contribution in [-0.4, -0.2) is 12.1 Å². The minimum Gasteiger partial charge on any atom is -0.496 e. The number of hydrazine groups is 1. The van der Waals surface area contributed by atoms with E-state index in [0.29, 0.717) is 0 Å². The number of nitrogens with one attached hydrogen (secondary N) is 1. The van der Waals surface area contributed by atoms with E-state index in [2.05, 4.69) is 15.8 Å². The van der Waals surface area contributed by atoms with Crippen LogP contribution in [-0.2, 0) is 6.42 Å². The molecule has 0 aliphatic heterocycles. The van der Waals surface area contributed by atoms with Crippen molar-refractivity contribution in [3.63, 3.8) is 0 Å². The molecule has 0 aliphatic rings. The molecule has 0 fully saturated rings. The Morgan fingerprint density at radius 1 is 1.53 bits per heavy atom. The fourth-order valence-corrected chi connectivity index (χ4v) is 3.37. The smallest absolute Gasteiger partial charge is 0.134 e. The van der Waals surface area contributed by atoms with Crippen molar-refractivity contribution in [1.29, 1.82) is 0 Å². The lowest BCUT2D eigenvalue weighted by molar-refractivity contribution is 0.403. The van der Waals surface area contributed by atoms with E-state index in [4.69, 9.17) is 10.6 Å². The Bertz CT molecular complexity index is 481. The average molecular weight is 269 g/mol. The quantitative estimate of drug-likeness (QED) is 0.646. The molecule has 2 rings (SSSR count). The summed E-state index contributed by atoms with van der Waals surface area (Å²) in [4.78, 5) is 5.56. The molecule has 2 aromatic rings. The molecule has 0 aliphatic carbocycles. The van der Waals surface area contributed by atoms with Crippen LogP contribution in [0.25, 0.3) is 0 Å². The van der Waals surface area contributed by atoms with Gasteiger partial charge in [0.25, 0.3) is 0 Å². The number of ether oxygens (including phenoxy) is 1. The lowest BCUT2D eigenvalue weighted by atomic mass is 10.2. The Balaban J connectivity index is 2.16. The number of hydrogen-bond donors (Lipinski definition) is 2. The molecule has 2 heterocycles. The van der Waals surface area contributed by atoms with Crippen LogP contribution < -0.4 is 16.0 Å². The molecule has 0 radical (unpaired) electrons. The molecular formula is C11H15N3OS2. The zero-order valence-corrected chi connectivity index (χ0v) is 11.4. The molecule has 6 heteroatoms. The van der Waals surface area contributed by atoms with Gasteiger partial charge in [-0.3, -0.25) is 11.3 Å². The third-order valence-corrected chi connectivity index (χ3v) is 4.44. The number of hydrogen-bond acceptors (Lipinski definition) is 6. The maximum atomic E-state index is 5.62. The van der Waals surface area contributed by atoms with Gasteiger partial charge in [-0.05, 0) is 18.4 Å². The summed E-state index contributed by atoms with van der Waals surface area (Å²) in [6.45, 7) is 2.00. The van der Waals surface area contributed by atoms with Crippen LogP contribution in [0.3, 0.4) is 0 Å². The Hall–Kier alpha value is -0.950. The molecule has 3 N–H and O–H groups in total. The van der Waals surface area contributed by atoms with Gasteiger partial charge in [0.05, 0.1) is 23.0 Å². The third kappa shape index (κ3) is 2.84. The molecule has 0 spiro atoms. The normalized spacial score (nSPS) is 12.6. The first kappa shape index (κ1) is 12.5. The summed E-state index contributed by atoms with van der Waals surface area (Å²) in [5.41, 5.74) is 3.89. The average Bonchev–Trinajstić information content (AvgIpc) is 2.94. The lowest BCUT2D eigenvalue weighted by Crippen LogP contribution is -2.29. The topological polar surface area (TPSA) is 60.2 Å². The number of thiazole rings is 1. The number of aromatic nitrogens is 1. The van der Waals surface area contributed by atoms with Crippen molar-refractivity contribution in [3.8, 4) is 5.75 Å². The van der Waals surface area contributed by atoms with E-state index in [1.165, 1.54) is 0 Å². The van der Waals surface area contributed by atoms with Crippen LogP contribution in [0.4, 0.5) is 0 Å². The van der Waals surface area contributed by atoms with Gasteiger partial charge in [-0.1, -0.05) is 0 Å². The van der Waals surface area contributed by atoms with E-state index in [0.717, 1.165) is 27.7 Å². The van der Waals surface area contributed by atoms with E-state index < -0.39 is 0 Å². The van der Waals surface area contributed by atoms with Crippen molar-refractivity contribution >= 4 is 22.7 Å². The van der Waals surface area contributed by atoms with Gasteiger partial charge in [0.1, 0.15) is 5.75 Å². The predicted octanol–water partition coefficient (Wildman–Crippen LogP) is 2.27. The highest BCUT2D eigenvalue weighted by Gasteiger charge is 2.18. The molecule has 2 aromatic heterocycles. The summed E-state index contributed by atoms with van der Waals surface area (Å²) in [6, 6.07) is 2.01. The van der Waals surface area contributed by atoms with Gasteiger partial charge >= 0.3 is 0 Å². The first-order valence-corrected chi connectivity index (χ1v) is 6.99. The number of thiophene rings is 1. The van der Waals surface area contributed by atoms with Crippen LogP contribution in [0, 0.1) is 6.92 Å². The van der Waals surface area contributed by atoms with E-state index >= 15 is 0 Å². The monoisotopic (exact) mass is 269 g/mol. The van der Waals surface area contributed by atoms with Gasteiger partial charge in [0.15, 0.2) is 0 Å². The van der Waals surface area contributed by atoms with E-state index in [-0.39, 0.29) is 6.04 Å². The predicted molar refractivity (Wildman–Crippen MR) is 71.5 cm³/mol. The lowest BCUT2D eigenvalue weighted by Gasteiger charge is -2.14. The van der Waals surface area contributed by atoms with Gasteiger partial charge in [-0.2, -0.15) is 0 Å². The van der Waals surface area contributed by atoms with Gasteiger partial charge in [0, 0.05) is 17.5 Å². The van der Waals surface area contributed by atoms with Crippen molar-refractivity contribution in [2.75, 3.05) is 7.11 Å². The van der Waals surface area contributed by atoms with Crippen LogP contribution in [0.15, 0.2) is 16.8 Å². The molecule has 92 valence electrons. The molecule has 17 heavy (non-hydrogen) atoms. The molecule has 1 unspecified atom stereocenters. The fourth-order valence-electron chi connectivity index (χ4n) is 1.63. The Morgan fingerprint density at radius 2 is 2.35 bits per heavy atom. The highest BCUT2D eigenvalue weighted by atomic mass is 32.1. The molecule has 0 aromatic carbocycles.